The van der Waals surface area contributed by atoms with Crippen LogP contribution in [-0.4, -0.2) is 47.7 Å². The molecule has 0 rings (SSSR count). The van der Waals surface area contributed by atoms with Gasteiger partial charge in [-0.3, -0.25) is 0 Å². The third-order valence-electron chi connectivity index (χ3n) is 5.20. The van der Waals surface area contributed by atoms with Crippen LogP contribution in [0.2, 0.25) is 0 Å². The van der Waals surface area contributed by atoms with E-state index in [0.717, 1.165) is 26.2 Å². The van der Waals surface area contributed by atoms with Crippen molar-refractivity contribution in [3.63, 3.8) is 0 Å². The van der Waals surface area contributed by atoms with Gasteiger partial charge in [-0.05, 0) is 25.7 Å². The maximum absolute atomic E-state index is 7.83. The molecule has 4 N–H and O–H groups in total. The molecule has 0 spiro atoms. The minimum Gasteiger partial charge on any atom is -0.412 e. The molecule has 43 heavy (non-hydrogen) atoms. The van der Waals surface area contributed by atoms with Gasteiger partial charge in [0, 0.05) is 26.2 Å². The minimum atomic E-state index is 0. The van der Waals surface area contributed by atoms with Crippen molar-refractivity contribution in [3.05, 3.63) is 0 Å². The maximum Gasteiger partial charge on any atom is 4.00 e. The summed E-state index contributed by atoms with van der Waals surface area (Å²) in [4.78, 5) is 0. The van der Waals surface area contributed by atoms with Crippen LogP contribution in [0.1, 0.15) is 130 Å². The Morgan fingerprint density at radius 3 is 0.674 bits per heavy atom. The Hall–Kier alpha value is 1.15. The predicted molar refractivity (Wildman–Crippen MR) is 217 cm³/mol. The molecule has 0 heterocycles. The molecule has 0 atom stereocenters. The van der Waals surface area contributed by atoms with Crippen molar-refractivity contribution < 1.29 is 25.3 Å². The molecular weight excluding hydrogens is 793 g/mol. The average molecular weight is 849 g/mol. The van der Waals surface area contributed by atoms with Gasteiger partial charge in [0.2, 0.25) is 0 Å². The smallest absolute Gasteiger partial charge is 0.412 e. The van der Waals surface area contributed by atoms with Gasteiger partial charge in [0.25, 0.3) is 0 Å². The van der Waals surface area contributed by atoms with E-state index in [-0.39, 0.29) is 21.1 Å². The average Bonchev–Trinajstić information content (AvgIpc) is 2.94. The van der Waals surface area contributed by atoms with E-state index in [1.807, 2.05) is 0 Å². The largest absolute Gasteiger partial charge is 4.00 e. The Balaban J connectivity index is -0.000000103. The zero-order valence-electron chi connectivity index (χ0n) is 26.6. The van der Waals surface area contributed by atoms with Crippen molar-refractivity contribution in [2.75, 3.05) is 26.2 Å². The molecule has 0 unspecified atom stereocenters. The number of rotatable bonds is 20. The number of hydrogen-bond donors (Lipinski definition) is 4. The maximum atomic E-state index is 7.83. The Morgan fingerprint density at radius 1 is 0.395 bits per heavy atom. The Labute approximate surface area is 329 Å². The summed E-state index contributed by atoms with van der Waals surface area (Å²) < 4.78 is 9.82. The number of thiocarbonyl (C=S) groups is 4. The van der Waals surface area contributed by atoms with Gasteiger partial charge in [0.1, 0.15) is 0 Å². The summed E-state index contributed by atoms with van der Waals surface area (Å²) in [7, 11) is 0. The molecule has 0 aliphatic rings. The third-order valence-corrected chi connectivity index (χ3v) is 6.35. The molecule has 0 saturated heterocycles. The minimum absolute atomic E-state index is 0. The molecule has 0 bridgehead atoms. The molecule has 0 aliphatic heterocycles. The summed E-state index contributed by atoms with van der Waals surface area (Å²) in [6.07, 6.45) is 20.2. The molecule has 15 heteroatoms. The monoisotopic (exact) mass is 850 g/mol. The van der Waals surface area contributed by atoms with E-state index in [1.54, 1.807) is 0 Å². The van der Waals surface area contributed by atoms with Gasteiger partial charge in [0.15, 0.2) is 12.5 Å². The predicted octanol–water partition coefficient (Wildman–Crippen LogP) is 7.61. The van der Waals surface area contributed by atoms with E-state index < -0.39 is 0 Å². The summed E-state index contributed by atoms with van der Waals surface area (Å²) in [5.41, 5.74) is 0. The van der Waals surface area contributed by atoms with Crippen molar-refractivity contribution in [1.29, 1.82) is 0 Å². The van der Waals surface area contributed by atoms with Crippen LogP contribution in [0.5, 0.6) is 0 Å². The van der Waals surface area contributed by atoms with E-state index in [4.69, 9.17) is 4.21 Å². The topological polar surface area (TPSA) is 65.2 Å². The third kappa shape index (κ3) is 86.0. The second-order valence-electron chi connectivity index (χ2n) is 9.10. The van der Waals surface area contributed by atoms with Crippen LogP contribution in [0, 0.1) is 0 Å². The van der Waals surface area contributed by atoms with Crippen LogP contribution in [0.3, 0.4) is 0 Å². The zero-order chi connectivity index (χ0) is 33.3. The first-order valence-electron chi connectivity index (χ1n) is 15.0. The van der Waals surface area contributed by atoms with E-state index >= 15 is 0 Å². The summed E-state index contributed by atoms with van der Waals surface area (Å²) in [6, 6.07) is 0. The molecule has 0 fully saturated rings. The van der Waals surface area contributed by atoms with E-state index in [1.165, 1.54) is 103 Å². The molecule has 0 aromatic heterocycles. The summed E-state index contributed by atoms with van der Waals surface area (Å²) >= 11 is 40.3. The molecule has 0 amide bonds. The summed E-state index contributed by atoms with van der Waals surface area (Å²) in [5, 5.41) is 11.8. The zero-order valence-corrected chi connectivity index (χ0v) is 36.0. The van der Waals surface area contributed by atoms with Gasteiger partial charge in [-0.2, -0.15) is 4.21 Å². The van der Waals surface area contributed by atoms with Gasteiger partial charge < -0.3 is 121 Å². The van der Waals surface area contributed by atoms with Crippen LogP contribution in [0.15, 0.2) is 0 Å². The van der Waals surface area contributed by atoms with Gasteiger partial charge in [-0.1, -0.05) is 122 Å². The molecule has 254 valence electrons. The van der Waals surface area contributed by atoms with Crippen molar-refractivity contribution >= 4 is 129 Å². The Kier molecular flexibility index (Phi) is 73.0. The number of hydrogen-bond acceptors (Lipinski definition) is 10. The summed E-state index contributed by atoms with van der Waals surface area (Å²) in [5.74, 6) is 0. The van der Waals surface area contributed by atoms with Crippen LogP contribution < -0.4 is 21.3 Å². The van der Waals surface area contributed by atoms with E-state index in [2.05, 4.69) is 161 Å². The van der Waals surface area contributed by atoms with Crippen LogP contribution >= 0.6 is 48.9 Å². The van der Waals surface area contributed by atoms with Crippen molar-refractivity contribution in [1.82, 2.24) is 21.3 Å². The molecule has 0 aromatic rings. The van der Waals surface area contributed by atoms with E-state index in [0.29, 0.717) is 17.3 Å². The molecule has 0 saturated carbocycles. The van der Waals surface area contributed by atoms with Crippen molar-refractivity contribution in [3.8, 4) is 0 Å². The second-order valence-corrected chi connectivity index (χ2v) is 13.4. The standard InChI is InChI=1S/4C7H15NS2.Mo.OS/c4*1-2-3-4-5-6-8-7(9)10;;1-2/h4*2-6H2,1H3,(H2,8,9,10);;/q;;;;+4;/p-4. The van der Waals surface area contributed by atoms with Crippen molar-refractivity contribution in [2.45, 2.75) is 130 Å². The SMILES string of the molecule is CCCCCCNC(=S)[S-].CCCCCCNC(=S)[S-].CCCCCCNC(=S)[S-].CCCCCCNC(=S)[S-].O=S.[Mo+4]. The summed E-state index contributed by atoms with van der Waals surface area (Å²) in [6.45, 7) is 12.6. The second kappa shape index (κ2) is 55.5. The normalized spacial score (nSPS) is 8.74. The number of unbranched alkanes of at least 4 members (excludes halogenated alkanes) is 12. The number of nitrogens with one attached hydrogen (secondary N) is 4. The van der Waals surface area contributed by atoms with Crippen molar-refractivity contribution in [2.24, 2.45) is 0 Å². The fourth-order valence-corrected chi connectivity index (χ4v) is 3.79. The van der Waals surface area contributed by atoms with Gasteiger partial charge in [0.05, 0.1) is 0 Å². The molecular formula is C28H56MoN4OS9. The Morgan fingerprint density at radius 2 is 0.558 bits per heavy atom. The molecule has 0 radical (unpaired) electrons. The van der Waals surface area contributed by atoms with Gasteiger partial charge in [-0.15, -0.1) is 0 Å². The Bertz CT molecular complexity index is 500. The first-order chi connectivity index (χ1) is 20.1. The first-order valence-corrected chi connectivity index (χ1v) is 18.6. The fourth-order valence-electron chi connectivity index (χ4n) is 2.97. The molecule has 5 nitrogen and oxygen atoms in total. The quantitative estimate of drug-likeness (QED) is 0.0421. The van der Waals surface area contributed by atoms with Gasteiger partial charge >= 0.3 is 21.1 Å². The van der Waals surface area contributed by atoms with E-state index in [9.17, 15) is 0 Å². The van der Waals surface area contributed by atoms with Gasteiger partial charge in [-0.25, -0.2) is 0 Å². The molecule has 0 aliphatic carbocycles. The van der Waals surface area contributed by atoms with Crippen LogP contribution in [-0.2, 0) is 84.1 Å². The fraction of sp³-hybridized carbons (Fsp3) is 0.857. The first kappa shape index (κ1) is 56.5. The van der Waals surface area contributed by atoms with Crippen LogP contribution in [0.4, 0.5) is 0 Å². The van der Waals surface area contributed by atoms with Crippen LogP contribution in [0.25, 0.3) is 0 Å². The molecule has 0 aromatic carbocycles.